The molecule has 2 fully saturated rings. The Hall–Kier alpha value is -4.56. The average molecular weight is 739 g/mol. The van der Waals surface area contributed by atoms with Crippen molar-refractivity contribution in [2.75, 3.05) is 28.4 Å². The number of carbonyl (C=O) groups excluding carboxylic acids is 1. The minimum Gasteiger partial charge on any atom is -0.497 e. The van der Waals surface area contributed by atoms with Crippen LogP contribution in [-0.4, -0.2) is 67.5 Å². The molecule has 0 radical (unpaired) electrons. The smallest absolute Gasteiger partial charge is 0.306 e. The standard InChI is InChI=1S/C19H23NO5.C18H21NO6.C2H6.CH4/c1-12(21)13-4-6-15(8-13)25-19-10-16(22-2)9-18-17(19)7-5-14(20-18)11-24-23-3;1-22-14-8-16-15(6-4-12(19-16)10-24-23-2)17(9-14)25-13-5-3-11(7-13)18(20)21;1-2;/h5,7,9-10,13,15H,4,6,8,11H2,1-3H3;4,6,8-9,11,13H,3,5,7,10H2,1-2H3,(H,20,21);1-2H3;1H4/t13-,15?;11-,13?;;/m00../s1. The van der Waals surface area contributed by atoms with Crippen LogP contribution in [-0.2, 0) is 42.4 Å². The monoisotopic (exact) mass is 738 g/mol. The summed E-state index contributed by atoms with van der Waals surface area (Å²) in [6.07, 6.45) is 4.34. The highest BCUT2D eigenvalue weighted by molar-refractivity contribution is 5.88. The number of aliphatic carboxylic acids is 1. The quantitative estimate of drug-likeness (QED) is 0.0980. The molecule has 6 rings (SSSR count). The number of carbonyl (C=O) groups is 2. The SMILES string of the molecule is C.CC.COOCc1ccc2c(OC3CC[C@H](C(=O)O)C3)cc(OC)cc2n1.COOCc1ccc2c(OC3CC[C@H](C(C)=O)C3)cc(OC)cc2n1. The lowest BCUT2D eigenvalue weighted by Crippen LogP contribution is -2.15. The van der Waals surface area contributed by atoms with E-state index in [1.165, 1.54) is 14.2 Å². The van der Waals surface area contributed by atoms with Crippen LogP contribution in [0.3, 0.4) is 0 Å². The number of carboxylic acids is 1. The molecule has 1 N–H and O–H groups in total. The van der Waals surface area contributed by atoms with Gasteiger partial charge in [-0.15, -0.1) is 0 Å². The van der Waals surface area contributed by atoms with Crippen LogP contribution in [0, 0.1) is 11.8 Å². The molecule has 0 saturated heterocycles. The van der Waals surface area contributed by atoms with E-state index in [2.05, 4.69) is 19.7 Å². The van der Waals surface area contributed by atoms with Gasteiger partial charge < -0.3 is 24.1 Å². The number of pyridine rings is 2. The van der Waals surface area contributed by atoms with E-state index >= 15 is 0 Å². The highest BCUT2D eigenvalue weighted by Crippen LogP contribution is 2.37. The summed E-state index contributed by atoms with van der Waals surface area (Å²) in [5, 5.41) is 10.9. The molecule has 290 valence electrons. The topological polar surface area (TPSA) is 154 Å². The molecule has 2 aromatic heterocycles. The van der Waals surface area contributed by atoms with Gasteiger partial charge in [-0.05, 0) is 69.7 Å². The number of benzene rings is 2. The third-order valence-electron chi connectivity index (χ3n) is 9.00. The van der Waals surface area contributed by atoms with Gasteiger partial charge in [0.1, 0.15) is 42.0 Å². The number of nitrogens with zero attached hydrogens (tertiary/aromatic N) is 2. The number of Topliss-reactive ketones (excluding diaryl/α,β-unsaturated/α-hetero) is 1. The van der Waals surface area contributed by atoms with E-state index in [0.29, 0.717) is 30.1 Å². The minimum absolute atomic E-state index is 0. The molecule has 0 amide bonds. The van der Waals surface area contributed by atoms with E-state index in [1.807, 2.05) is 62.4 Å². The number of ketones is 1. The van der Waals surface area contributed by atoms with E-state index in [9.17, 15) is 9.59 Å². The lowest BCUT2D eigenvalue weighted by molar-refractivity contribution is -0.282. The van der Waals surface area contributed by atoms with Crippen LogP contribution < -0.4 is 18.9 Å². The molecule has 2 aliphatic rings. The molecule has 0 bridgehead atoms. The van der Waals surface area contributed by atoms with Crippen LogP contribution in [0.15, 0.2) is 48.5 Å². The molecule has 2 unspecified atom stereocenters. The molecule has 13 heteroatoms. The van der Waals surface area contributed by atoms with Crippen molar-refractivity contribution in [3.63, 3.8) is 0 Å². The highest BCUT2D eigenvalue weighted by atomic mass is 17.2. The molecule has 13 nitrogen and oxygen atoms in total. The van der Waals surface area contributed by atoms with Crippen molar-refractivity contribution in [1.29, 1.82) is 0 Å². The summed E-state index contributed by atoms with van der Waals surface area (Å²) in [7, 11) is 6.11. The van der Waals surface area contributed by atoms with E-state index in [0.717, 1.165) is 64.6 Å². The van der Waals surface area contributed by atoms with Crippen molar-refractivity contribution >= 4 is 33.6 Å². The van der Waals surface area contributed by atoms with E-state index < -0.39 is 5.97 Å². The first-order valence-corrected chi connectivity index (χ1v) is 17.5. The van der Waals surface area contributed by atoms with Gasteiger partial charge in [0.25, 0.3) is 0 Å². The molecule has 0 spiro atoms. The number of hydrogen-bond donors (Lipinski definition) is 1. The van der Waals surface area contributed by atoms with Gasteiger partial charge in [0.15, 0.2) is 0 Å². The predicted molar refractivity (Wildman–Crippen MR) is 200 cm³/mol. The van der Waals surface area contributed by atoms with Gasteiger partial charge in [0.05, 0.1) is 69.0 Å². The van der Waals surface area contributed by atoms with Crippen LogP contribution in [0.4, 0.5) is 0 Å². The lowest BCUT2D eigenvalue weighted by Gasteiger charge is -2.17. The number of hydrogen-bond acceptors (Lipinski definition) is 12. The zero-order valence-electron chi connectivity index (χ0n) is 31.0. The first-order valence-electron chi connectivity index (χ1n) is 17.5. The summed E-state index contributed by atoms with van der Waals surface area (Å²) in [5.74, 6) is 1.95. The second-order valence-electron chi connectivity index (χ2n) is 12.3. The van der Waals surface area contributed by atoms with Crippen LogP contribution in [0.1, 0.15) is 78.1 Å². The number of ether oxygens (including phenoxy) is 4. The molecule has 0 aliphatic heterocycles. The molecular weight excluding hydrogens is 684 g/mol. The third kappa shape index (κ3) is 11.7. The van der Waals surface area contributed by atoms with Crippen molar-refractivity contribution in [3.8, 4) is 23.0 Å². The maximum absolute atomic E-state index is 11.6. The van der Waals surface area contributed by atoms with Crippen LogP contribution in [0.25, 0.3) is 21.8 Å². The summed E-state index contributed by atoms with van der Waals surface area (Å²) in [6.45, 7) is 6.16. The fraction of sp³-hybridized carbons (Fsp3) is 0.500. The van der Waals surface area contributed by atoms with Crippen molar-refractivity contribution in [1.82, 2.24) is 9.97 Å². The predicted octanol–water partition coefficient (Wildman–Crippen LogP) is 8.07. The largest absolute Gasteiger partial charge is 0.497 e. The molecule has 2 heterocycles. The fourth-order valence-electron chi connectivity index (χ4n) is 6.31. The minimum atomic E-state index is -0.758. The number of fused-ring (bicyclic) bond motifs is 2. The summed E-state index contributed by atoms with van der Waals surface area (Å²) >= 11 is 0. The van der Waals surface area contributed by atoms with E-state index in [1.54, 1.807) is 21.1 Å². The summed E-state index contributed by atoms with van der Waals surface area (Å²) in [5.41, 5.74) is 2.97. The first-order chi connectivity index (χ1) is 25.2. The Morgan fingerprint density at radius 1 is 0.679 bits per heavy atom. The summed E-state index contributed by atoms with van der Waals surface area (Å²) < 4.78 is 23.0. The second-order valence-corrected chi connectivity index (χ2v) is 12.3. The zero-order valence-corrected chi connectivity index (χ0v) is 31.0. The van der Waals surface area contributed by atoms with Crippen LogP contribution in [0.2, 0.25) is 0 Å². The first kappa shape index (κ1) is 42.8. The lowest BCUT2D eigenvalue weighted by atomic mass is 10.0. The maximum atomic E-state index is 11.6. The van der Waals surface area contributed by atoms with Gasteiger partial charge in [-0.25, -0.2) is 29.5 Å². The van der Waals surface area contributed by atoms with Crippen molar-refractivity contribution < 1.29 is 53.2 Å². The van der Waals surface area contributed by atoms with Crippen LogP contribution >= 0.6 is 0 Å². The van der Waals surface area contributed by atoms with E-state index in [-0.39, 0.29) is 50.5 Å². The summed E-state index contributed by atoms with van der Waals surface area (Å²) in [4.78, 5) is 50.9. The number of aromatic nitrogens is 2. The van der Waals surface area contributed by atoms with Gasteiger partial charge in [0, 0.05) is 41.0 Å². The van der Waals surface area contributed by atoms with E-state index in [4.69, 9.17) is 33.8 Å². The zero-order chi connectivity index (χ0) is 37.6. The van der Waals surface area contributed by atoms with Crippen molar-refractivity contribution in [3.05, 3.63) is 59.9 Å². The van der Waals surface area contributed by atoms with Gasteiger partial charge in [0.2, 0.25) is 0 Å². The molecule has 4 aromatic rings. The van der Waals surface area contributed by atoms with Gasteiger partial charge in [-0.1, -0.05) is 21.3 Å². The molecule has 2 saturated carbocycles. The normalized spacial score (nSPS) is 18.9. The molecular formula is C40H54N2O11. The van der Waals surface area contributed by atoms with Gasteiger partial charge in [-0.3, -0.25) is 9.59 Å². The molecule has 53 heavy (non-hydrogen) atoms. The Kier molecular flexibility index (Phi) is 17.2. The third-order valence-corrected chi connectivity index (χ3v) is 9.00. The fourth-order valence-corrected chi connectivity index (χ4v) is 6.31. The van der Waals surface area contributed by atoms with Gasteiger partial charge in [-0.2, -0.15) is 0 Å². The summed E-state index contributed by atoms with van der Waals surface area (Å²) in [6, 6.07) is 15.0. The Bertz CT molecular complexity index is 1650. The van der Waals surface area contributed by atoms with Gasteiger partial charge >= 0.3 is 5.97 Å². The second kappa shape index (κ2) is 21.2. The molecule has 4 atom stereocenters. The number of methoxy groups -OCH3 is 2. The molecule has 2 aliphatic carbocycles. The Morgan fingerprint density at radius 2 is 1.11 bits per heavy atom. The average Bonchev–Trinajstić information content (AvgIpc) is 3.84. The van der Waals surface area contributed by atoms with Crippen molar-refractivity contribution in [2.45, 2.75) is 92.1 Å². The highest BCUT2D eigenvalue weighted by Gasteiger charge is 2.32. The maximum Gasteiger partial charge on any atom is 0.306 e. The Morgan fingerprint density at radius 3 is 1.47 bits per heavy atom. The van der Waals surface area contributed by atoms with Crippen LogP contribution in [0.5, 0.6) is 23.0 Å². The Balaban J connectivity index is 0.000000268. The number of carboxylic acid groups (broad SMARTS) is 1. The Labute approximate surface area is 311 Å². The molecule has 2 aromatic carbocycles. The number of rotatable bonds is 14. The van der Waals surface area contributed by atoms with Crippen molar-refractivity contribution in [2.24, 2.45) is 11.8 Å².